The Hall–Kier alpha value is -3.17. The number of benzene rings is 1. The lowest BCUT2D eigenvalue weighted by molar-refractivity contribution is -0.143. The summed E-state index contributed by atoms with van der Waals surface area (Å²) in [4.78, 5) is 49.2. The molecule has 0 radical (unpaired) electrons. The van der Waals surface area contributed by atoms with Crippen LogP contribution in [0.4, 0.5) is 18.9 Å². The summed E-state index contributed by atoms with van der Waals surface area (Å²) in [6, 6.07) is 1.48. The number of likely N-dealkylation sites (tertiary alicyclic amines) is 1. The molecule has 1 aromatic carbocycles. The minimum absolute atomic E-state index is 0.428. The van der Waals surface area contributed by atoms with E-state index >= 15 is 0 Å². The molecule has 1 heterocycles. The van der Waals surface area contributed by atoms with Gasteiger partial charge in [-0.15, -0.1) is 0 Å². The van der Waals surface area contributed by atoms with E-state index in [-0.39, 0.29) is 0 Å². The molecule has 1 fully saturated rings. The Morgan fingerprint density at radius 3 is 2.18 bits per heavy atom. The van der Waals surface area contributed by atoms with Crippen LogP contribution in [0.25, 0.3) is 0 Å². The predicted octanol–water partition coefficient (Wildman–Crippen LogP) is 1.11. The molecule has 7 nitrogen and oxygen atoms in total. The maximum Gasteiger partial charge on any atom is 0.243 e. The lowest BCUT2D eigenvalue weighted by Gasteiger charge is -2.14. The second kappa shape index (κ2) is 7.83. The Morgan fingerprint density at radius 2 is 1.57 bits per heavy atom. The molecule has 2 N–H and O–H groups in total. The number of hydrogen-bond acceptors (Lipinski definition) is 4. The number of halogens is 3. The van der Waals surface area contributed by atoms with Crippen LogP contribution in [0.5, 0.6) is 0 Å². The summed E-state index contributed by atoms with van der Waals surface area (Å²) in [6.07, 6.45) is 4.51. The molecule has 1 aliphatic carbocycles. The minimum atomic E-state index is -1.73. The van der Waals surface area contributed by atoms with Crippen LogP contribution < -0.4 is 10.6 Å². The van der Waals surface area contributed by atoms with Gasteiger partial charge >= 0.3 is 0 Å². The van der Waals surface area contributed by atoms with Crippen molar-refractivity contribution < 1.29 is 32.3 Å². The molecule has 3 rings (SSSR count). The number of carbonyl (C=O) groups excluding carboxylic acids is 4. The van der Waals surface area contributed by atoms with E-state index in [4.69, 9.17) is 0 Å². The Labute approximate surface area is 157 Å². The highest BCUT2D eigenvalue weighted by molar-refractivity contribution is 6.07. The third kappa shape index (κ3) is 3.75. The minimum Gasteiger partial charge on any atom is -0.345 e. The fourth-order valence-electron chi connectivity index (χ4n) is 3.22. The summed E-state index contributed by atoms with van der Waals surface area (Å²) in [7, 11) is 0. The average molecular weight is 395 g/mol. The number of allylic oxidation sites excluding steroid dienone is 2. The van der Waals surface area contributed by atoms with E-state index in [1.165, 1.54) is 0 Å². The Bertz CT molecular complexity index is 861. The summed E-state index contributed by atoms with van der Waals surface area (Å²) < 4.78 is 39.5. The van der Waals surface area contributed by atoms with Crippen LogP contribution in [0, 0.1) is 29.3 Å². The molecule has 2 atom stereocenters. The van der Waals surface area contributed by atoms with Gasteiger partial charge in [0.15, 0.2) is 17.5 Å². The van der Waals surface area contributed by atoms with E-state index in [1.807, 2.05) is 17.5 Å². The maximum absolute atomic E-state index is 13.5. The molecule has 1 aromatic rings. The summed E-state index contributed by atoms with van der Waals surface area (Å²) >= 11 is 0. The molecule has 28 heavy (non-hydrogen) atoms. The van der Waals surface area contributed by atoms with E-state index in [9.17, 15) is 32.3 Å². The van der Waals surface area contributed by atoms with Crippen molar-refractivity contribution >= 4 is 29.3 Å². The predicted molar refractivity (Wildman–Crippen MR) is 90.0 cm³/mol. The molecule has 10 heteroatoms. The number of rotatable bonds is 5. The third-order valence-electron chi connectivity index (χ3n) is 4.66. The molecule has 0 saturated carbocycles. The van der Waals surface area contributed by atoms with E-state index in [0.29, 0.717) is 18.9 Å². The van der Waals surface area contributed by atoms with Crippen LogP contribution in [-0.2, 0) is 19.2 Å². The summed E-state index contributed by atoms with van der Waals surface area (Å²) in [6.45, 7) is -1.14. The number of amides is 4. The first-order valence-electron chi connectivity index (χ1n) is 8.50. The molecule has 0 unspecified atom stereocenters. The Kier molecular flexibility index (Phi) is 5.48. The fourth-order valence-corrected chi connectivity index (χ4v) is 3.22. The molecule has 1 saturated heterocycles. The first-order chi connectivity index (χ1) is 13.3. The number of nitrogens with one attached hydrogen (secondary N) is 2. The van der Waals surface area contributed by atoms with Gasteiger partial charge in [-0.3, -0.25) is 24.1 Å². The molecule has 0 spiro atoms. The average Bonchev–Trinajstić information content (AvgIpc) is 2.92. The van der Waals surface area contributed by atoms with E-state index in [1.54, 1.807) is 0 Å². The molecule has 2 aliphatic rings. The summed E-state index contributed by atoms with van der Waals surface area (Å²) in [5.41, 5.74) is -0.584. The second-order valence-corrected chi connectivity index (χ2v) is 6.47. The zero-order chi connectivity index (χ0) is 20.4. The molecule has 1 aliphatic heterocycles. The number of anilines is 1. The Morgan fingerprint density at radius 1 is 0.964 bits per heavy atom. The van der Waals surface area contributed by atoms with Crippen molar-refractivity contribution in [1.29, 1.82) is 0 Å². The molecular formula is C18H16F3N3O4. The number of nitrogens with zero attached hydrogens (tertiary/aromatic N) is 1. The molecule has 148 valence electrons. The summed E-state index contributed by atoms with van der Waals surface area (Å²) in [5, 5.41) is 4.19. The SMILES string of the molecule is O=C(CN1C(=O)[C@H]2CC=CC[C@H]2C1=O)NCC(=O)Nc1ccc(F)c(F)c1F. The van der Waals surface area contributed by atoms with E-state index in [0.717, 1.165) is 11.0 Å². The lowest BCUT2D eigenvalue weighted by atomic mass is 9.85. The van der Waals surface area contributed by atoms with Crippen LogP contribution in [-0.4, -0.2) is 41.6 Å². The largest absolute Gasteiger partial charge is 0.345 e. The van der Waals surface area contributed by atoms with Crippen LogP contribution >= 0.6 is 0 Å². The molecule has 0 aromatic heterocycles. The van der Waals surface area contributed by atoms with Gasteiger partial charge < -0.3 is 10.6 Å². The van der Waals surface area contributed by atoms with Crippen molar-refractivity contribution in [2.45, 2.75) is 12.8 Å². The fraction of sp³-hybridized carbons (Fsp3) is 0.333. The van der Waals surface area contributed by atoms with Crippen LogP contribution in [0.3, 0.4) is 0 Å². The smallest absolute Gasteiger partial charge is 0.243 e. The van der Waals surface area contributed by atoms with Crippen LogP contribution in [0.2, 0.25) is 0 Å². The molecule has 4 amide bonds. The Balaban J connectivity index is 1.52. The summed E-state index contributed by atoms with van der Waals surface area (Å²) in [5.74, 6) is -8.14. The number of hydrogen-bond donors (Lipinski definition) is 2. The van der Waals surface area contributed by atoms with Gasteiger partial charge in [0.1, 0.15) is 6.54 Å². The topological polar surface area (TPSA) is 95.6 Å². The maximum atomic E-state index is 13.5. The molecular weight excluding hydrogens is 379 g/mol. The van der Waals surface area contributed by atoms with Gasteiger partial charge in [0.2, 0.25) is 23.6 Å². The van der Waals surface area contributed by atoms with E-state index < -0.39 is 71.7 Å². The van der Waals surface area contributed by atoms with Crippen LogP contribution in [0.1, 0.15) is 12.8 Å². The van der Waals surface area contributed by atoms with Crippen molar-refractivity contribution in [3.05, 3.63) is 41.7 Å². The van der Waals surface area contributed by atoms with Crippen molar-refractivity contribution in [1.82, 2.24) is 10.2 Å². The number of carbonyl (C=O) groups is 4. The first-order valence-corrected chi connectivity index (χ1v) is 8.50. The first kappa shape index (κ1) is 19.6. The van der Waals surface area contributed by atoms with Gasteiger partial charge in [-0.1, -0.05) is 12.2 Å². The zero-order valence-corrected chi connectivity index (χ0v) is 14.5. The standard InChI is InChI=1S/C18H16F3N3O4/c19-11-5-6-12(16(21)15(11)20)23-13(25)7-22-14(26)8-24-17(27)9-3-1-2-4-10(9)18(24)28/h1-2,5-6,9-10H,3-4,7-8H2,(H,22,26)(H,23,25)/t9-,10+. The van der Waals surface area contributed by atoms with Gasteiger partial charge in [0, 0.05) is 0 Å². The van der Waals surface area contributed by atoms with Crippen molar-refractivity contribution in [2.75, 3.05) is 18.4 Å². The highest BCUT2D eigenvalue weighted by Crippen LogP contribution is 2.34. The number of fused-ring (bicyclic) bond motifs is 1. The van der Waals surface area contributed by atoms with Crippen molar-refractivity contribution in [3.8, 4) is 0 Å². The quantitative estimate of drug-likeness (QED) is 0.444. The van der Waals surface area contributed by atoms with Crippen molar-refractivity contribution in [2.24, 2.45) is 11.8 Å². The van der Waals surface area contributed by atoms with Gasteiger partial charge in [-0.25, -0.2) is 13.2 Å². The highest BCUT2D eigenvalue weighted by atomic mass is 19.2. The lowest BCUT2D eigenvalue weighted by Crippen LogP contribution is -2.43. The van der Waals surface area contributed by atoms with Gasteiger partial charge in [0.05, 0.1) is 24.1 Å². The zero-order valence-electron chi connectivity index (χ0n) is 14.5. The molecule has 0 bridgehead atoms. The normalized spacial score (nSPS) is 20.9. The monoisotopic (exact) mass is 395 g/mol. The highest BCUT2D eigenvalue weighted by Gasteiger charge is 2.47. The van der Waals surface area contributed by atoms with Crippen LogP contribution in [0.15, 0.2) is 24.3 Å². The van der Waals surface area contributed by atoms with Crippen molar-refractivity contribution in [3.63, 3.8) is 0 Å². The third-order valence-corrected chi connectivity index (χ3v) is 4.66. The number of imide groups is 1. The van der Waals surface area contributed by atoms with E-state index in [2.05, 4.69) is 5.32 Å². The van der Waals surface area contributed by atoms with Gasteiger partial charge in [-0.05, 0) is 25.0 Å². The second-order valence-electron chi connectivity index (χ2n) is 6.47. The van der Waals surface area contributed by atoms with Gasteiger partial charge in [-0.2, -0.15) is 0 Å². The van der Waals surface area contributed by atoms with Gasteiger partial charge in [0.25, 0.3) is 0 Å².